The van der Waals surface area contributed by atoms with Gasteiger partial charge in [0.05, 0.1) is 19.3 Å². The average Bonchev–Trinajstić information content (AvgIpc) is 2.83. The smallest absolute Gasteiger partial charge is 0.394 e. The van der Waals surface area contributed by atoms with Gasteiger partial charge in [-0.25, -0.2) is 9.13 Å². The zero-order chi connectivity index (χ0) is 30.5. The minimum atomic E-state index is -5.19. The molecule has 1 aliphatic heterocycles. The third-order valence-electron chi connectivity index (χ3n) is 6.45. The number of phosphoric acid groups is 2. The van der Waals surface area contributed by atoms with Crippen LogP contribution in [0, 0.1) is 5.92 Å². The monoisotopic (exact) mass is 610 g/mol. The van der Waals surface area contributed by atoms with Gasteiger partial charge >= 0.3 is 15.6 Å². The molecule has 13 heteroatoms. The van der Waals surface area contributed by atoms with E-state index >= 15 is 0 Å². The van der Waals surface area contributed by atoms with Crippen molar-refractivity contribution in [2.24, 2.45) is 5.92 Å². The van der Waals surface area contributed by atoms with Crippen LogP contribution in [-0.4, -0.2) is 62.9 Å². The molecule has 0 aromatic rings. The molecular formula is C27H48O11P2. The Bertz CT molecular complexity index is 998. The van der Waals surface area contributed by atoms with Gasteiger partial charge in [0, 0.05) is 5.92 Å². The molecule has 0 aliphatic carbocycles. The molecule has 0 radical (unpaired) electrons. The molecule has 1 heterocycles. The second-order valence-electron chi connectivity index (χ2n) is 10.5. The predicted octanol–water partition coefficient (Wildman–Crippen LogP) is 5.46. The van der Waals surface area contributed by atoms with E-state index in [0.29, 0.717) is 6.42 Å². The number of aliphatic hydroxyl groups excluding tert-OH is 3. The second kappa shape index (κ2) is 17.9. The Morgan fingerprint density at radius 2 is 1.30 bits per heavy atom. The van der Waals surface area contributed by atoms with Crippen molar-refractivity contribution in [2.45, 2.75) is 105 Å². The van der Waals surface area contributed by atoms with Gasteiger partial charge in [-0.05, 0) is 73.1 Å². The molecule has 5 N–H and O–H groups in total. The molecule has 0 aromatic carbocycles. The van der Waals surface area contributed by atoms with Gasteiger partial charge in [-0.15, -0.1) is 0 Å². The third kappa shape index (κ3) is 14.8. The highest BCUT2D eigenvalue weighted by Crippen LogP contribution is 2.61. The summed E-state index contributed by atoms with van der Waals surface area (Å²) in [5, 5.41) is 29.1. The minimum absolute atomic E-state index is 0.340. The Morgan fingerprint density at radius 1 is 0.800 bits per heavy atom. The van der Waals surface area contributed by atoms with E-state index in [-0.39, 0.29) is 6.61 Å². The van der Waals surface area contributed by atoms with Crippen LogP contribution in [0.2, 0.25) is 0 Å². The van der Waals surface area contributed by atoms with Crippen LogP contribution in [-0.2, 0) is 27.2 Å². The maximum absolute atomic E-state index is 12.3. The second-order valence-corrected chi connectivity index (χ2v) is 13.5. The maximum Gasteiger partial charge on any atom is 0.483 e. The summed E-state index contributed by atoms with van der Waals surface area (Å²) in [5.74, 6) is -1.01. The van der Waals surface area contributed by atoms with Crippen LogP contribution in [0.5, 0.6) is 0 Å². The Morgan fingerprint density at radius 3 is 1.80 bits per heavy atom. The maximum atomic E-state index is 12.3. The highest BCUT2D eigenvalue weighted by atomic mass is 31.3. The molecule has 1 saturated heterocycles. The fourth-order valence-corrected chi connectivity index (χ4v) is 6.06. The summed E-state index contributed by atoms with van der Waals surface area (Å²) >= 11 is 0. The molecule has 40 heavy (non-hydrogen) atoms. The molecule has 11 nitrogen and oxygen atoms in total. The van der Waals surface area contributed by atoms with Gasteiger partial charge in [-0.2, -0.15) is 4.31 Å². The standard InChI is InChI=1S/C27H48O11P2/c1-19(2)10-7-11-20(3)12-8-13-21(4)14-9-15-22(5)16-17-35-39(31,32)38-40(33,34)37-27-23(6)25(29)26(30)24(18-28)36-27/h10,12,14,16,23-30H,7-9,11,13,15,17-18H2,1-6H3,(H,31,32)(H,33,34)/b20-12+,21-14-,22-16-/t23?,24?,25-,26-,27-/m1/s1. The molecule has 0 amide bonds. The molecule has 0 bridgehead atoms. The predicted molar refractivity (Wildman–Crippen MR) is 153 cm³/mol. The van der Waals surface area contributed by atoms with E-state index in [0.717, 1.165) is 37.7 Å². The summed E-state index contributed by atoms with van der Waals surface area (Å²) in [6.45, 7) is 10.6. The SMILES string of the molecule is CC(C)=CCC/C(C)=C/CC/C(C)=C\CC/C(C)=C\COP(=O)(O)OP(=O)(O)O[C@H]1OC(CO)[C@@H](O)[C@H](O)C1C. The van der Waals surface area contributed by atoms with Gasteiger partial charge in [0.1, 0.15) is 12.2 Å². The van der Waals surface area contributed by atoms with Crippen molar-refractivity contribution < 1.29 is 52.3 Å². The largest absolute Gasteiger partial charge is 0.483 e. The quantitative estimate of drug-likeness (QED) is 0.105. The molecule has 0 spiro atoms. The first-order valence-electron chi connectivity index (χ1n) is 13.5. The van der Waals surface area contributed by atoms with E-state index in [1.807, 2.05) is 6.92 Å². The summed E-state index contributed by atoms with van der Waals surface area (Å²) in [6, 6.07) is 0. The Balaban J connectivity index is 2.47. The van der Waals surface area contributed by atoms with Crippen LogP contribution >= 0.6 is 15.6 Å². The molecule has 0 aromatic heterocycles. The fraction of sp³-hybridized carbons (Fsp3) is 0.704. The van der Waals surface area contributed by atoms with Crippen molar-refractivity contribution in [3.8, 4) is 0 Å². The van der Waals surface area contributed by atoms with Gasteiger partial charge in [0.2, 0.25) is 0 Å². The van der Waals surface area contributed by atoms with Crippen molar-refractivity contribution in [1.29, 1.82) is 0 Å². The topological polar surface area (TPSA) is 172 Å². The number of rotatable bonds is 17. The molecule has 0 saturated carbocycles. The Kier molecular flexibility index (Phi) is 16.6. The van der Waals surface area contributed by atoms with Crippen LogP contribution in [0.4, 0.5) is 0 Å². The first-order chi connectivity index (χ1) is 18.6. The van der Waals surface area contributed by atoms with E-state index in [1.165, 1.54) is 23.6 Å². The number of phosphoric ester groups is 2. The van der Waals surface area contributed by atoms with E-state index < -0.39 is 52.8 Å². The van der Waals surface area contributed by atoms with Crippen LogP contribution in [0.1, 0.15) is 80.1 Å². The van der Waals surface area contributed by atoms with Crippen molar-refractivity contribution in [3.63, 3.8) is 0 Å². The molecule has 1 aliphatic rings. The van der Waals surface area contributed by atoms with Crippen molar-refractivity contribution in [3.05, 3.63) is 46.6 Å². The lowest BCUT2D eigenvalue weighted by Gasteiger charge is -2.40. The molecule has 232 valence electrons. The van der Waals surface area contributed by atoms with E-state index in [4.69, 9.17) is 13.8 Å². The zero-order valence-corrected chi connectivity index (χ0v) is 26.2. The number of hydrogen-bond donors (Lipinski definition) is 5. The van der Waals surface area contributed by atoms with E-state index in [1.54, 1.807) is 6.08 Å². The van der Waals surface area contributed by atoms with Gasteiger partial charge in [0.25, 0.3) is 0 Å². The van der Waals surface area contributed by atoms with Crippen molar-refractivity contribution in [1.82, 2.24) is 0 Å². The van der Waals surface area contributed by atoms with Crippen LogP contribution in [0.15, 0.2) is 46.6 Å². The molecule has 1 fully saturated rings. The lowest BCUT2D eigenvalue weighted by atomic mass is 9.93. The molecule has 1 rings (SSSR count). The Labute approximate surface area is 238 Å². The van der Waals surface area contributed by atoms with Crippen LogP contribution in [0.25, 0.3) is 0 Å². The molecule has 4 unspecified atom stereocenters. The summed E-state index contributed by atoms with van der Waals surface area (Å²) in [7, 11) is -10.2. The fourth-order valence-electron chi connectivity index (χ4n) is 3.91. The number of allylic oxidation sites excluding steroid dienone is 7. The Hall–Kier alpha value is -0.940. The van der Waals surface area contributed by atoms with Gasteiger partial charge in [-0.1, -0.05) is 53.5 Å². The first-order valence-corrected chi connectivity index (χ1v) is 16.5. The lowest BCUT2D eigenvalue weighted by Crippen LogP contribution is -2.55. The van der Waals surface area contributed by atoms with Crippen LogP contribution in [0.3, 0.4) is 0 Å². The summed E-state index contributed by atoms with van der Waals surface area (Å²) in [6.07, 6.45) is 8.09. The molecular weight excluding hydrogens is 562 g/mol. The van der Waals surface area contributed by atoms with Gasteiger partial charge < -0.3 is 29.8 Å². The summed E-state index contributed by atoms with van der Waals surface area (Å²) in [4.78, 5) is 19.8. The lowest BCUT2D eigenvalue weighted by molar-refractivity contribution is -0.259. The zero-order valence-electron chi connectivity index (χ0n) is 24.4. The first kappa shape index (κ1) is 37.1. The highest BCUT2D eigenvalue weighted by molar-refractivity contribution is 7.61. The van der Waals surface area contributed by atoms with Crippen molar-refractivity contribution >= 4 is 15.6 Å². The van der Waals surface area contributed by atoms with Gasteiger partial charge in [-0.3, -0.25) is 9.05 Å². The summed E-state index contributed by atoms with van der Waals surface area (Å²) < 4.78 is 43.6. The average molecular weight is 611 g/mol. The van der Waals surface area contributed by atoms with E-state index in [9.17, 15) is 34.2 Å². The molecule has 7 atom stereocenters. The number of aliphatic hydroxyl groups is 3. The third-order valence-corrected chi connectivity index (χ3v) is 9.06. The van der Waals surface area contributed by atoms with Gasteiger partial charge in [0.15, 0.2) is 6.29 Å². The number of ether oxygens (including phenoxy) is 1. The van der Waals surface area contributed by atoms with Crippen molar-refractivity contribution in [2.75, 3.05) is 13.2 Å². The normalized spacial score (nSPS) is 27.7. The minimum Gasteiger partial charge on any atom is -0.394 e. The number of hydrogen-bond acceptors (Lipinski definition) is 9. The van der Waals surface area contributed by atoms with Crippen LogP contribution < -0.4 is 0 Å². The highest BCUT2D eigenvalue weighted by Gasteiger charge is 2.47. The van der Waals surface area contributed by atoms with E-state index in [2.05, 4.69) is 50.2 Å². The summed E-state index contributed by atoms with van der Waals surface area (Å²) in [5.41, 5.74) is 4.91.